The molecule has 9 heteroatoms. The molecule has 198 valence electrons. The molecule has 1 rings (SSSR count). The average molecular weight is 521 g/mol. The quantitative estimate of drug-likeness (QED) is 0.139. The number of phenols is 1. The van der Waals surface area contributed by atoms with Crippen molar-refractivity contribution in [1.29, 1.82) is 0 Å². The summed E-state index contributed by atoms with van der Waals surface area (Å²) in [6, 6.07) is 2.80. The van der Waals surface area contributed by atoms with Gasteiger partial charge < -0.3 is 5.11 Å². The zero-order valence-corrected chi connectivity index (χ0v) is 22.6. The molecule has 34 heavy (non-hydrogen) atoms. The van der Waals surface area contributed by atoms with Crippen molar-refractivity contribution in [3.63, 3.8) is 0 Å². The minimum absolute atomic E-state index is 0.0114. The van der Waals surface area contributed by atoms with Crippen molar-refractivity contribution in [1.82, 2.24) is 0 Å². The molecule has 0 aliphatic rings. The van der Waals surface area contributed by atoms with Crippen LogP contribution in [0.5, 0.6) is 5.75 Å². The number of unbranched alkanes of at least 4 members (excludes halogenated alkanes) is 10. The first-order valence-electron chi connectivity index (χ1n) is 12.7. The highest BCUT2D eigenvalue weighted by Crippen LogP contribution is 2.40. The summed E-state index contributed by atoms with van der Waals surface area (Å²) in [6.45, 7) is 5.78. The molecule has 3 N–H and O–H groups in total. The summed E-state index contributed by atoms with van der Waals surface area (Å²) in [5.41, 5.74) is 0.529. The van der Waals surface area contributed by atoms with E-state index < -0.39 is 30.7 Å². The highest BCUT2D eigenvalue weighted by molar-refractivity contribution is 7.86. The number of benzene rings is 1. The van der Waals surface area contributed by atoms with E-state index in [0.29, 0.717) is 18.4 Å². The zero-order valence-electron chi connectivity index (χ0n) is 21.0. The van der Waals surface area contributed by atoms with E-state index in [4.69, 9.17) is 0 Å². The van der Waals surface area contributed by atoms with Gasteiger partial charge in [-0.25, -0.2) is 0 Å². The predicted molar refractivity (Wildman–Crippen MR) is 137 cm³/mol. The number of hydrogen-bond donors (Lipinski definition) is 3. The van der Waals surface area contributed by atoms with Gasteiger partial charge >= 0.3 is 0 Å². The van der Waals surface area contributed by atoms with Crippen LogP contribution in [0, 0.1) is 6.92 Å². The van der Waals surface area contributed by atoms with Gasteiger partial charge in [0, 0.05) is 5.56 Å². The Morgan fingerprint density at radius 2 is 1.09 bits per heavy atom. The Morgan fingerprint density at radius 3 is 1.53 bits per heavy atom. The van der Waals surface area contributed by atoms with Crippen molar-refractivity contribution in [3.05, 3.63) is 28.8 Å². The molecular weight excluding hydrogens is 476 g/mol. The summed E-state index contributed by atoms with van der Waals surface area (Å²) in [5.74, 6) is -0.272. The van der Waals surface area contributed by atoms with Crippen LogP contribution in [-0.2, 0) is 20.2 Å². The van der Waals surface area contributed by atoms with Gasteiger partial charge in [-0.1, -0.05) is 97.0 Å². The van der Waals surface area contributed by atoms with E-state index in [2.05, 4.69) is 13.8 Å². The molecule has 0 aromatic heterocycles. The van der Waals surface area contributed by atoms with Crippen molar-refractivity contribution >= 4 is 20.2 Å². The van der Waals surface area contributed by atoms with Crippen LogP contribution in [0.1, 0.15) is 131 Å². The molecule has 0 aliphatic heterocycles. The standard InChI is InChI=1S/C25H44O7S2/c1-4-6-8-10-12-14-16-23(33(27,28)29)21-18-20(3)25(26)22(19-21)24(34(30,31)32)17-15-13-11-9-7-5-2/h18-19,23-24,26H,4-17H2,1-3H3,(H,27,28,29)(H,30,31,32). The van der Waals surface area contributed by atoms with E-state index >= 15 is 0 Å². The molecule has 0 saturated heterocycles. The van der Waals surface area contributed by atoms with Crippen LogP contribution in [0.15, 0.2) is 12.1 Å². The highest BCUT2D eigenvalue weighted by Gasteiger charge is 2.31. The van der Waals surface area contributed by atoms with Gasteiger partial charge in [0.05, 0.1) is 0 Å². The third-order valence-corrected chi connectivity index (χ3v) is 8.87. The summed E-state index contributed by atoms with van der Waals surface area (Å²) in [5, 5.41) is 8.05. The molecule has 0 saturated carbocycles. The Kier molecular flexibility index (Phi) is 13.7. The minimum atomic E-state index is -4.53. The lowest BCUT2D eigenvalue weighted by atomic mass is 9.96. The number of hydrogen-bond acceptors (Lipinski definition) is 5. The number of aryl methyl sites for hydroxylation is 1. The Labute approximate surface area is 206 Å². The second-order valence-electron chi connectivity index (χ2n) is 9.40. The first kappa shape index (κ1) is 30.9. The maximum absolute atomic E-state index is 12.2. The molecule has 1 aromatic carbocycles. The first-order chi connectivity index (χ1) is 15.9. The molecule has 0 amide bonds. The van der Waals surface area contributed by atoms with Crippen LogP contribution >= 0.6 is 0 Å². The topological polar surface area (TPSA) is 129 Å². The maximum atomic E-state index is 12.2. The fraction of sp³-hybridized carbons (Fsp3) is 0.760. The maximum Gasteiger partial charge on any atom is 0.272 e. The summed E-state index contributed by atoms with van der Waals surface area (Å²) >= 11 is 0. The number of rotatable bonds is 18. The Balaban J connectivity index is 3.15. The fourth-order valence-corrected chi connectivity index (χ4v) is 6.35. The van der Waals surface area contributed by atoms with E-state index in [1.54, 1.807) is 6.92 Å². The molecule has 0 spiro atoms. The van der Waals surface area contributed by atoms with Crippen molar-refractivity contribution in [2.75, 3.05) is 0 Å². The van der Waals surface area contributed by atoms with Crippen LogP contribution in [0.2, 0.25) is 0 Å². The van der Waals surface area contributed by atoms with Gasteiger partial charge in [-0.2, -0.15) is 16.8 Å². The lowest BCUT2D eigenvalue weighted by molar-refractivity contribution is 0.438. The van der Waals surface area contributed by atoms with Crippen molar-refractivity contribution in [2.24, 2.45) is 0 Å². The molecule has 0 fully saturated rings. The highest BCUT2D eigenvalue weighted by atomic mass is 32.2. The van der Waals surface area contributed by atoms with E-state index in [-0.39, 0.29) is 29.7 Å². The van der Waals surface area contributed by atoms with Crippen LogP contribution in [0.3, 0.4) is 0 Å². The van der Waals surface area contributed by atoms with E-state index in [9.17, 15) is 31.0 Å². The second-order valence-corrected chi connectivity index (χ2v) is 12.6. The lowest BCUT2D eigenvalue weighted by Gasteiger charge is -2.21. The normalized spacial score (nSPS) is 14.3. The first-order valence-corrected chi connectivity index (χ1v) is 15.7. The summed E-state index contributed by atoms with van der Waals surface area (Å²) < 4.78 is 68.6. The fourth-order valence-electron chi connectivity index (χ4n) is 4.44. The van der Waals surface area contributed by atoms with Gasteiger partial charge in [-0.05, 0) is 37.0 Å². The second kappa shape index (κ2) is 15.1. The van der Waals surface area contributed by atoms with E-state index in [0.717, 1.165) is 64.2 Å². The third-order valence-electron chi connectivity index (χ3n) is 6.43. The molecule has 2 atom stereocenters. The molecule has 0 heterocycles. The summed E-state index contributed by atoms with van der Waals surface area (Å²) in [6.07, 6.45) is 11.6. The Bertz CT molecular complexity index is 940. The van der Waals surface area contributed by atoms with Gasteiger partial charge in [0.1, 0.15) is 16.2 Å². The van der Waals surface area contributed by atoms with Crippen molar-refractivity contribution in [3.8, 4) is 5.75 Å². The van der Waals surface area contributed by atoms with E-state index in [1.807, 2.05) is 0 Å². The summed E-state index contributed by atoms with van der Waals surface area (Å²) in [4.78, 5) is 0. The average Bonchev–Trinajstić information content (AvgIpc) is 2.73. The summed E-state index contributed by atoms with van der Waals surface area (Å²) in [7, 11) is -8.98. The molecule has 0 bridgehead atoms. The smallest absolute Gasteiger partial charge is 0.272 e. The van der Waals surface area contributed by atoms with Crippen LogP contribution in [-0.4, -0.2) is 31.0 Å². The monoisotopic (exact) mass is 520 g/mol. The van der Waals surface area contributed by atoms with Crippen LogP contribution < -0.4 is 0 Å². The molecule has 7 nitrogen and oxygen atoms in total. The van der Waals surface area contributed by atoms with Crippen LogP contribution in [0.4, 0.5) is 0 Å². The molecule has 1 aromatic rings. The molecule has 2 unspecified atom stereocenters. The zero-order chi connectivity index (χ0) is 25.8. The van der Waals surface area contributed by atoms with E-state index in [1.165, 1.54) is 12.1 Å². The minimum Gasteiger partial charge on any atom is -0.507 e. The van der Waals surface area contributed by atoms with Crippen molar-refractivity contribution < 1.29 is 31.0 Å². The largest absolute Gasteiger partial charge is 0.507 e. The predicted octanol–water partition coefficient (Wildman–Crippen LogP) is 7.06. The van der Waals surface area contributed by atoms with Gasteiger partial charge in [-0.15, -0.1) is 0 Å². The molecular formula is C25H44O7S2. The van der Waals surface area contributed by atoms with Gasteiger partial charge in [0.25, 0.3) is 20.2 Å². The lowest BCUT2D eigenvalue weighted by Crippen LogP contribution is -2.16. The van der Waals surface area contributed by atoms with Gasteiger partial charge in [0.15, 0.2) is 0 Å². The molecule has 0 aliphatic carbocycles. The Morgan fingerprint density at radius 1 is 0.676 bits per heavy atom. The van der Waals surface area contributed by atoms with Crippen LogP contribution in [0.25, 0.3) is 0 Å². The Hall–Kier alpha value is -1.16. The van der Waals surface area contributed by atoms with Crippen molar-refractivity contribution in [2.45, 2.75) is 121 Å². The van der Waals surface area contributed by atoms with Gasteiger partial charge in [0.2, 0.25) is 0 Å². The SMILES string of the molecule is CCCCCCCCC(c1cc(C)c(O)c(C(CCCCCCCC)S(=O)(=O)O)c1)S(=O)(=O)O. The number of aromatic hydroxyl groups is 1. The number of phenolic OH excluding ortho intramolecular Hbond substituents is 1. The molecule has 0 radical (unpaired) electrons. The third kappa shape index (κ3) is 10.6. The van der Waals surface area contributed by atoms with Gasteiger partial charge in [-0.3, -0.25) is 9.11 Å².